The average molecular weight is 385 g/mol. The minimum Gasteiger partial charge on any atom is -0.338 e. The Hall–Kier alpha value is -2.73. The minimum absolute atomic E-state index is 0.0717. The number of piperidine rings is 1. The number of carbonyl (C=O) groups excluding carboxylic acids is 1. The van der Waals surface area contributed by atoms with Crippen molar-refractivity contribution in [1.82, 2.24) is 20.1 Å². The van der Waals surface area contributed by atoms with Crippen LogP contribution in [0.15, 0.2) is 48.9 Å². The molecule has 1 aliphatic rings. The lowest BCUT2D eigenvalue weighted by molar-refractivity contribution is 0.0705. The molecule has 1 amide bonds. The van der Waals surface area contributed by atoms with Gasteiger partial charge in [-0.2, -0.15) is 5.10 Å². The first-order valence-electron chi connectivity index (χ1n) is 8.81. The molecule has 0 saturated carbocycles. The number of halogens is 2. The average Bonchev–Trinajstić information content (AvgIpc) is 3.18. The Bertz CT molecular complexity index is 957. The van der Waals surface area contributed by atoms with Crippen LogP contribution in [0, 0.1) is 5.82 Å². The van der Waals surface area contributed by atoms with Gasteiger partial charge in [0.15, 0.2) is 0 Å². The zero-order chi connectivity index (χ0) is 18.8. The van der Waals surface area contributed by atoms with Gasteiger partial charge in [0, 0.05) is 42.7 Å². The van der Waals surface area contributed by atoms with Crippen LogP contribution >= 0.6 is 11.6 Å². The largest absolute Gasteiger partial charge is 0.338 e. The van der Waals surface area contributed by atoms with Crippen LogP contribution in [-0.2, 0) is 0 Å². The Morgan fingerprint density at radius 1 is 1.22 bits per heavy atom. The number of pyridine rings is 1. The van der Waals surface area contributed by atoms with Crippen LogP contribution in [0.5, 0.6) is 0 Å². The summed E-state index contributed by atoms with van der Waals surface area (Å²) in [6.07, 6.45) is 6.65. The maximum Gasteiger partial charge on any atom is 0.255 e. The van der Waals surface area contributed by atoms with E-state index in [1.807, 2.05) is 4.90 Å². The fourth-order valence-electron chi connectivity index (χ4n) is 3.58. The number of amides is 1. The molecule has 3 heterocycles. The van der Waals surface area contributed by atoms with Gasteiger partial charge < -0.3 is 4.90 Å². The third kappa shape index (κ3) is 3.71. The predicted molar refractivity (Wildman–Crippen MR) is 101 cm³/mol. The van der Waals surface area contributed by atoms with Crippen LogP contribution in [0.2, 0.25) is 5.02 Å². The van der Waals surface area contributed by atoms with E-state index in [2.05, 4.69) is 15.2 Å². The summed E-state index contributed by atoms with van der Waals surface area (Å²) in [5, 5.41) is 7.71. The van der Waals surface area contributed by atoms with Gasteiger partial charge in [-0.15, -0.1) is 0 Å². The lowest BCUT2D eigenvalue weighted by Gasteiger charge is -2.32. The van der Waals surface area contributed by atoms with E-state index in [4.69, 9.17) is 11.6 Å². The third-order valence-electron chi connectivity index (χ3n) is 4.89. The van der Waals surface area contributed by atoms with Crippen LogP contribution in [0.1, 0.15) is 34.8 Å². The van der Waals surface area contributed by atoms with Crippen LogP contribution in [0.25, 0.3) is 11.1 Å². The summed E-state index contributed by atoms with van der Waals surface area (Å²) in [5.74, 6) is -0.205. The summed E-state index contributed by atoms with van der Waals surface area (Å²) >= 11 is 5.96. The van der Waals surface area contributed by atoms with Crippen LogP contribution in [-0.4, -0.2) is 39.1 Å². The lowest BCUT2D eigenvalue weighted by atomic mass is 9.90. The number of benzene rings is 1. The monoisotopic (exact) mass is 384 g/mol. The lowest BCUT2D eigenvalue weighted by Crippen LogP contribution is -2.39. The van der Waals surface area contributed by atoms with E-state index in [0.717, 1.165) is 29.7 Å². The minimum atomic E-state index is -0.270. The Morgan fingerprint density at radius 3 is 2.81 bits per heavy atom. The van der Waals surface area contributed by atoms with Gasteiger partial charge in [0.05, 0.1) is 16.8 Å². The van der Waals surface area contributed by atoms with Crippen molar-refractivity contribution >= 4 is 17.5 Å². The molecule has 2 aromatic heterocycles. The maximum absolute atomic E-state index is 13.2. The van der Waals surface area contributed by atoms with Gasteiger partial charge in [-0.1, -0.05) is 23.7 Å². The number of carbonyl (C=O) groups is 1. The molecule has 1 atom stereocenters. The van der Waals surface area contributed by atoms with E-state index >= 15 is 0 Å². The van der Waals surface area contributed by atoms with Gasteiger partial charge in [-0.05, 0) is 36.6 Å². The van der Waals surface area contributed by atoms with Crippen LogP contribution in [0.4, 0.5) is 4.39 Å². The van der Waals surface area contributed by atoms with Gasteiger partial charge in [-0.3, -0.25) is 14.9 Å². The van der Waals surface area contributed by atoms with E-state index in [1.165, 1.54) is 24.5 Å². The van der Waals surface area contributed by atoms with Gasteiger partial charge in [0.25, 0.3) is 5.91 Å². The zero-order valence-corrected chi connectivity index (χ0v) is 15.3. The molecule has 0 spiro atoms. The molecule has 7 heteroatoms. The van der Waals surface area contributed by atoms with Crippen LogP contribution < -0.4 is 0 Å². The molecule has 1 N–H and O–H groups in total. The molecule has 0 unspecified atom stereocenters. The third-order valence-corrected chi connectivity index (χ3v) is 5.10. The summed E-state index contributed by atoms with van der Waals surface area (Å²) < 4.78 is 13.2. The molecule has 1 fully saturated rings. The van der Waals surface area contributed by atoms with Crippen molar-refractivity contribution < 1.29 is 9.18 Å². The normalized spacial score (nSPS) is 17.1. The first-order chi connectivity index (χ1) is 13.1. The number of H-pyrrole nitrogens is 1. The molecular formula is C20H18ClFN4O. The number of nitrogens with zero attached hydrogens (tertiary/aromatic N) is 3. The highest BCUT2D eigenvalue weighted by molar-refractivity contribution is 6.30. The van der Waals surface area contributed by atoms with E-state index < -0.39 is 0 Å². The van der Waals surface area contributed by atoms with Crippen molar-refractivity contribution in [3.8, 4) is 11.1 Å². The first kappa shape index (κ1) is 17.7. The van der Waals surface area contributed by atoms with Crippen molar-refractivity contribution in [2.75, 3.05) is 13.1 Å². The number of likely N-dealkylation sites (tertiary alicyclic amines) is 1. The summed E-state index contributed by atoms with van der Waals surface area (Å²) in [7, 11) is 0. The molecule has 27 heavy (non-hydrogen) atoms. The van der Waals surface area contributed by atoms with Crippen LogP contribution in [0.3, 0.4) is 0 Å². The standard InChI is InChI=1S/C20H18ClFN4O/c21-16-8-15(9-23-10-16)20(27)26-7-1-2-14(12-26)19-18(11-24-25-19)13-3-5-17(22)6-4-13/h3-6,8-11,14H,1-2,7,12H2,(H,24,25)/t14-/m0/s1. The molecule has 3 aromatic rings. The molecule has 1 saturated heterocycles. The molecule has 138 valence electrons. The Morgan fingerprint density at radius 2 is 2.04 bits per heavy atom. The van der Waals surface area contributed by atoms with Crippen molar-refractivity contribution in [1.29, 1.82) is 0 Å². The van der Waals surface area contributed by atoms with E-state index in [0.29, 0.717) is 23.7 Å². The smallest absolute Gasteiger partial charge is 0.255 e. The molecule has 0 bridgehead atoms. The molecule has 0 radical (unpaired) electrons. The molecule has 0 aliphatic carbocycles. The Labute approximate surface area is 161 Å². The highest BCUT2D eigenvalue weighted by Gasteiger charge is 2.28. The molecule has 1 aliphatic heterocycles. The van der Waals surface area contributed by atoms with Crippen molar-refractivity contribution in [3.63, 3.8) is 0 Å². The van der Waals surface area contributed by atoms with Gasteiger partial charge in [-0.25, -0.2) is 4.39 Å². The Balaban J connectivity index is 1.56. The number of hydrogen-bond donors (Lipinski definition) is 1. The summed E-state index contributed by atoms with van der Waals surface area (Å²) in [6, 6.07) is 8.00. The molecule has 1 aromatic carbocycles. The highest BCUT2D eigenvalue weighted by Crippen LogP contribution is 2.33. The fraction of sp³-hybridized carbons (Fsp3) is 0.250. The number of hydrogen-bond acceptors (Lipinski definition) is 3. The second-order valence-electron chi connectivity index (χ2n) is 6.69. The van der Waals surface area contributed by atoms with E-state index in [1.54, 1.807) is 24.4 Å². The predicted octanol–water partition coefficient (Wildman–Crippen LogP) is 4.28. The summed E-state index contributed by atoms with van der Waals surface area (Å²) in [5.41, 5.74) is 3.32. The second-order valence-corrected chi connectivity index (χ2v) is 7.12. The highest BCUT2D eigenvalue weighted by atomic mass is 35.5. The van der Waals surface area contributed by atoms with E-state index in [-0.39, 0.29) is 17.6 Å². The quantitative estimate of drug-likeness (QED) is 0.733. The van der Waals surface area contributed by atoms with Gasteiger partial charge >= 0.3 is 0 Å². The Kier molecular flexibility index (Phi) is 4.90. The van der Waals surface area contributed by atoms with Crippen molar-refractivity contribution in [3.05, 3.63) is 71.0 Å². The number of aromatic nitrogens is 3. The summed E-state index contributed by atoms with van der Waals surface area (Å²) in [6.45, 7) is 1.28. The molecule has 5 nitrogen and oxygen atoms in total. The SMILES string of the molecule is O=C(c1cncc(Cl)c1)N1CCC[C@H](c2[nH]ncc2-c2ccc(F)cc2)C1. The first-order valence-corrected chi connectivity index (χ1v) is 9.18. The van der Waals surface area contributed by atoms with Gasteiger partial charge in [0.1, 0.15) is 5.82 Å². The molecular weight excluding hydrogens is 367 g/mol. The number of rotatable bonds is 3. The molecule has 4 rings (SSSR count). The van der Waals surface area contributed by atoms with E-state index in [9.17, 15) is 9.18 Å². The van der Waals surface area contributed by atoms with Crippen molar-refractivity contribution in [2.45, 2.75) is 18.8 Å². The summed E-state index contributed by atoms with van der Waals surface area (Å²) in [4.78, 5) is 18.7. The second kappa shape index (κ2) is 7.48. The number of aromatic amines is 1. The van der Waals surface area contributed by atoms with Crippen molar-refractivity contribution in [2.24, 2.45) is 0 Å². The fourth-order valence-corrected chi connectivity index (χ4v) is 3.75. The zero-order valence-electron chi connectivity index (χ0n) is 14.5. The topological polar surface area (TPSA) is 61.9 Å². The maximum atomic E-state index is 13.2. The number of nitrogens with one attached hydrogen (secondary N) is 1. The van der Waals surface area contributed by atoms with Gasteiger partial charge in [0.2, 0.25) is 0 Å².